The summed E-state index contributed by atoms with van der Waals surface area (Å²) in [5.41, 5.74) is 0. The topological polar surface area (TPSA) is 18.5 Å². The third kappa shape index (κ3) is 24.5. The molecule has 0 saturated heterocycles. The fraction of sp³-hybridized carbons (Fsp3) is 1.00. The van der Waals surface area contributed by atoms with Crippen LogP contribution in [-0.2, 0) is 8.85 Å². The molecule has 0 aromatic heterocycles. The predicted molar refractivity (Wildman–Crippen MR) is 165 cm³/mol. The van der Waals surface area contributed by atoms with Gasteiger partial charge >= 0.3 is 8.56 Å². The molecule has 0 radical (unpaired) electrons. The number of hydrogen-bond acceptors (Lipinski definition) is 2. The molecule has 0 saturated carbocycles. The first kappa shape index (κ1) is 36.1. The van der Waals surface area contributed by atoms with Crippen molar-refractivity contribution in [2.24, 2.45) is 0 Å². The van der Waals surface area contributed by atoms with Gasteiger partial charge in [0.05, 0.1) is 0 Å². The van der Waals surface area contributed by atoms with Gasteiger partial charge in [0.15, 0.2) is 0 Å². The van der Waals surface area contributed by atoms with Crippen molar-refractivity contribution in [1.29, 1.82) is 0 Å². The normalized spacial score (nSPS) is 12.0. The fourth-order valence-electron chi connectivity index (χ4n) is 5.62. The molecule has 0 fully saturated rings. The highest BCUT2D eigenvalue weighted by atomic mass is 28.4. The highest BCUT2D eigenvalue weighted by molar-refractivity contribution is 6.67. The minimum Gasteiger partial charge on any atom is -0.398 e. The van der Waals surface area contributed by atoms with Gasteiger partial charge in [0.2, 0.25) is 0 Å². The summed E-state index contributed by atoms with van der Waals surface area (Å²) in [6.07, 6.45) is 38.3. The third-order valence-electron chi connectivity index (χ3n) is 8.32. The van der Waals surface area contributed by atoms with Crippen molar-refractivity contribution in [2.75, 3.05) is 14.2 Å². The fourth-order valence-corrected chi connectivity index (χ4v) is 8.43. The molecule has 0 N–H and O–H groups in total. The van der Waals surface area contributed by atoms with E-state index in [2.05, 4.69) is 13.8 Å². The summed E-state index contributed by atoms with van der Waals surface area (Å²) in [5.74, 6) is 0. The summed E-state index contributed by atoms with van der Waals surface area (Å²) in [6, 6.07) is 2.38. The molecule has 0 heterocycles. The molecular formula is C33H70O2Si. The molecule has 0 spiro atoms. The Balaban J connectivity index is 3.55. The second kappa shape index (κ2) is 29.7. The van der Waals surface area contributed by atoms with Crippen LogP contribution >= 0.6 is 0 Å². The van der Waals surface area contributed by atoms with E-state index >= 15 is 0 Å². The van der Waals surface area contributed by atoms with Crippen molar-refractivity contribution in [3.63, 3.8) is 0 Å². The van der Waals surface area contributed by atoms with Crippen molar-refractivity contribution in [3.05, 3.63) is 0 Å². The minimum absolute atomic E-state index is 1.19. The van der Waals surface area contributed by atoms with E-state index in [1.54, 1.807) is 0 Å². The molecule has 36 heavy (non-hydrogen) atoms. The van der Waals surface area contributed by atoms with E-state index in [4.69, 9.17) is 8.85 Å². The quantitative estimate of drug-likeness (QED) is 0.0660. The van der Waals surface area contributed by atoms with Gasteiger partial charge in [-0.3, -0.25) is 0 Å². The average molecular weight is 527 g/mol. The Bertz CT molecular complexity index is 397. The predicted octanol–water partition coefficient (Wildman–Crippen LogP) is 12.3. The molecule has 0 aromatic carbocycles. The van der Waals surface area contributed by atoms with Crippen LogP contribution in [0, 0.1) is 0 Å². The van der Waals surface area contributed by atoms with Crippen molar-refractivity contribution in [1.82, 2.24) is 0 Å². The zero-order valence-electron chi connectivity index (χ0n) is 25.8. The first-order valence-corrected chi connectivity index (χ1v) is 19.1. The molecular weight excluding hydrogens is 456 g/mol. The van der Waals surface area contributed by atoms with Crippen LogP contribution in [0.1, 0.15) is 187 Å². The lowest BCUT2D eigenvalue weighted by Crippen LogP contribution is -2.39. The lowest BCUT2D eigenvalue weighted by molar-refractivity contribution is 0.238. The van der Waals surface area contributed by atoms with Crippen LogP contribution < -0.4 is 0 Å². The lowest BCUT2D eigenvalue weighted by Gasteiger charge is -2.27. The van der Waals surface area contributed by atoms with Crippen molar-refractivity contribution >= 4 is 8.56 Å². The Kier molecular flexibility index (Phi) is 29.8. The summed E-state index contributed by atoms with van der Waals surface area (Å²) >= 11 is 0. The molecule has 3 heteroatoms. The molecule has 218 valence electrons. The van der Waals surface area contributed by atoms with E-state index in [0.29, 0.717) is 0 Å². The second-order valence-corrected chi connectivity index (χ2v) is 15.3. The molecule has 0 aliphatic heterocycles. The highest BCUT2D eigenvalue weighted by Gasteiger charge is 2.33. The Morgan fingerprint density at radius 2 is 0.500 bits per heavy atom. The Hall–Kier alpha value is 0.137. The summed E-state index contributed by atoms with van der Waals surface area (Å²) in [7, 11) is 1.86. The Labute approximate surface area is 230 Å². The van der Waals surface area contributed by atoms with E-state index in [-0.39, 0.29) is 0 Å². The summed E-state index contributed by atoms with van der Waals surface area (Å²) in [6.45, 7) is 4.60. The van der Waals surface area contributed by atoms with Crippen LogP contribution in [0.15, 0.2) is 0 Å². The van der Waals surface area contributed by atoms with Crippen molar-refractivity contribution in [2.45, 2.75) is 199 Å². The smallest absolute Gasteiger partial charge is 0.337 e. The molecule has 0 aliphatic carbocycles. The van der Waals surface area contributed by atoms with Crippen LogP contribution in [0.4, 0.5) is 0 Å². The largest absolute Gasteiger partial charge is 0.398 e. The molecule has 0 atom stereocenters. The van der Waals surface area contributed by atoms with Crippen molar-refractivity contribution < 1.29 is 8.85 Å². The number of rotatable bonds is 31. The van der Waals surface area contributed by atoms with E-state index in [1.807, 2.05) is 14.2 Å². The number of hydrogen-bond donors (Lipinski definition) is 0. The highest BCUT2D eigenvalue weighted by Crippen LogP contribution is 2.25. The van der Waals surface area contributed by atoms with E-state index < -0.39 is 8.56 Å². The van der Waals surface area contributed by atoms with Gasteiger partial charge in [-0.25, -0.2) is 0 Å². The Morgan fingerprint density at radius 3 is 0.694 bits per heavy atom. The average Bonchev–Trinajstić information content (AvgIpc) is 2.90. The molecule has 0 bridgehead atoms. The van der Waals surface area contributed by atoms with Gasteiger partial charge < -0.3 is 8.85 Å². The molecule has 2 nitrogen and oxygen atoms in total. The van der Waals surface area contributed by atoms with Gasteiger partial charge in [0.25, 0.3) is 0 Å². The summed E-state index contributed by atoms with van der Waals surface area (Å²) in [5, 5.41) is 0. The first-order valence-electron chi connectivity index (χ1n) is 16.8. The van der Waals surface area contributed by atoms with Crippen LogP contribution in [-0.4, -0.2) is 22.8 Å². The maximum absolute atomic E-state index is 6.02. The van der Waals surface area contributed by atoms with Gasteiger partial charge in [-0.05, 0) is 12.1 Å². The van der Waals surface area contributed by atoms with Crippen molar-refractivity contribution in [3.8, 4) is 0 Å². The maximum atomic E-state index is 6.02. The van der Waals surface area contributed by atoms with Gasteiger partial charge in [0, 0.05) is 14.2 Å². The van der Waals surface area contributed by atoms with E-state index in [9.17, 15) is 0 Å². The molecule has 0 aromatic rings. The van der Waals surface area contributed by atoms with Crippen LogP contribution in [0.5, 0.6) is 0 Å². The second-order valence-electron chi connectivity index (χ2n) is 11.7. The van der Waals surface area contributed by atoms with Gasteiger partial charge in [0.1, 0.15) is 0 Å². The monoisotopic (exact) mass is 527 g/mol. The van der Waals surface area contributed by atoms with E-state index in [1.165, 1.54) is 185 Å². The SMILES string of the molecule is CCCCCCCCCCCCCCCC[Si](CCCCCCCCCCCCCCC)(OC)OC. The molecule has 0 amide bonds. The summed E-state index contributed by atoms with van der Waals surface area (Å²) < 4.78 is 12.0. The van der Waals surface area contributed by atoms with Gasteiger partial charge in [-0.1, -0.05) is 187 Å². The Morgan fingerprint density at radius 1 is 0.306 bits per heavy atom. The molecule has 0 unspecified atom stereocenters. The zero-order chi connectivity index (χ0) is 26.4. The summed E-state index contributed by atoms with van der Waals surface area (Å²) in [4.78, 5) is 0. The third-order valence-corrected chi connectivity index (χ3v) is 12.0. The minimum atomic E-state index is -1.95. The van der Waals surface area contributed by atoms with Crippen LogP contribution in [0.25, 0.3) is 0 Å². The molecule has 0 rings (SSSR count). The van der Waals surface area contributed by atoms with Crippen LogP contribution in [0.2, 0.25) is 12.1 Å². The molecule has 0 aliphatic rings. The number of unbranched alkanes of at least 4 members (excludes halogenated alkanes) is 25. The maximum Gasteiger partial charge on any atom is 0.337 e. The first-order chi connectivity index (χ1) is 17.7. The lowest BCUT2D eigenvalue weighted by atomic mass is 10.0. The van der Waals surface area contributed by atoms with Gasteiger partial charge in [-0.2, -0.15) is 0 Å². The van der Waals surface area contributed by atoms with Gasteiger partial charge in [-0.15, -0.1) is 0 Å². The van der Waals surface area contributed by atoms with Crippen LogP contribution in [0.3, 0.4) is 0 Å². The van der Waals surface area contributed by atoms with E-state index in [0.717, 1.165) is 0 Å². The standard InChI is InChI=1S/C33H70O2Si/c1-5-7-9-11-13-15-17-19-21-23-25-27-29-31-33-36(34-3,35-4)32-30-28-26-24-22-20-18-16-14-12-10-8-6-2/h5-33H2,1-4H3. The zero-order valence-corrected chi connectivity index (χ0v) is 26.8.